The second kappa shape index (κ2) is 5.81. The van der Waals surface area contributed by atoms with Crippen molar-refractivity contribution in [1.29, 1.82) is 0 Å². The highest BCUT2D eigenvalue weighted by Crippen LogP contribution is 2.17. The smallest absolute Gasteiger partial charge is 0.193 e. The van der Waals surface area contributed by atoms with Gasteiger partial charge in [-0.05, 0) is 36.8 Å². The number of carbonyl (C=O) groups excluding carboxylic acids is 2. The van der Waals surface area contributed by atoms with Crippen LogP contribution in [0.15, 0.2) is 48.5 Å². The molecule has 0 fully saturated rings. The standard InChI is InChI=1S/C16H13ClO2/c1-11(18)10-13-4-2-3-5-15(13)16(19)12-6-8-14(17)9-7-12/h2-9H,10H2,1H3. The van der Waals surface area contributed by atoms with Gasteiger partial charge in [0.2, 0.25) is 0 Å². The molecule has 0 aliphatic carbocycles. The van der Waals surface area contributed by atoms with E-state index < -0.39 is 0 Å². The maximum atomic E-state index is 12.4. The molecule has 0 aliphatic heterocycles. The Bertz CT molecular complexity index is 615. The second-order valence-corrected chi connectivity index (χ2v) is 4.81. The number of Topliss-reactive ketones (excluding diaryl/α,β-unsaturated/α-hetero) is 1. The lowest BCUT2D eigenvalue weighted by molar-refractivity contribution is -0.116. The van der Waals surface area contributed by atoms with Crippen molar-refractivity contribution in [2.75, 3.05) is 0 Å². The molecule has 2 nitrogen and oxygen atoms in total. The van der Waals surface area contributed by atoms with Crippen LogP contribution in [0.3, 0.4) is 0 Å². The molecule has 19 heavy (non-hydrogen) atoms. The highest BCUT2D eigenvalue weighted by molar-refractivity contribution is 6.30. The summed E-state index contributed by atoms with van der Waals surface area (Å²) in [5.74, 6) is -0.0510. The van der Waals surface area contributed by atoms with E-state index in [9.17, 15) is 9.59 Å². The summed E-state index contributed by atoms with van der Waals surface area (Å²) in [4.78, 5) is 23.6. The minimum atomic E-state index is -0.0893. The van der Waals surface area contributed by atoms with E-state index in [-0.39, 0.29) is 18.0 Å². The van der Waals surface area contributed by atoms with E-state index in [0.29, 0.717) is 16.1 Å². The molecule has 2 rings (SSSR count). The third kappa shape index (κ3) is 3.30. The number of ketones is 2. The van der Waals surface area contributed by atoms with Crippen molar-refractivity contribution < 1.29 is 9.59 Å². The fraction of sp³-hybridized carbons (Fsp3) is 0.125. The first-order valence-corrected chi connectivity index (χ1v) is 6.33. The van der Waals surface area contributed by atoms with Gasteiger partial charge in [0.15, 0.2) is 5.78 Å². The number of hydrogen-bond acceptors (Lipinski definition) is 2. The Morgan fingerprint density at radius 2 is 1.63 bits per heavy atom. The van der Waals surface area contributed by atoms with Crippen molar-refractivity contribution in [3.8, 4) is 0 Å². The van der Waals surface area contributed by atoms with Crippen molar-refractivity contribution in [2.24, 2.45) is 0 Å². The number of hydrogen-bond donors (Lipinski definition) is 0. The summed E-state index contributed by atoms with van der Waals surface area (Å²) < 4.78 is 0. The first-order chi connectivity index (χ1) is 9.08. The van der Waals surface area contributed by atoms with Crippen LogP contribution >= 0.6 is 11.6 Å². The van der Waals surface area contributed by atoms with E-state index in [0.717, 1.165) is 5.56 Å². The van der Waals surface area contributed by atoms with Crippen LogP contribution in [0, 0.1) is 0 Å². The van der Waals surface area contributed by atoms with Crippen molar-refractivity contribution in [3.63, 3.8) is 0 Å². The number of carbonyl (C=O) groups is 2. The zero-order valence-electron chi connectivity index (χ0n) is 10.5. The van der Waals surface area contributed by atoms with E-state index in [4.69, 9.17) is 11.6 Å². The Hall–Kier alpha value is -1.93. The molecule has 2 aromatic carbocycles. The Morgan fingerprint density at radius 3 is 2.26 bits per heavy atom. The molecule has 0 amide bonds. The molecule has 0 heterocycles. The molecule has 0 saturated heterocycles. The van der Waals surface area contributed by atoms with Gasteiger partial charge in [-0.25, -0.2) is 0 Å². The second-order valence-electron chi connectivity index (χ2n) is 4.37. The topological polar surface area (TPSA) is 34.1 Å². The Morgan fingerprint density at radius 1 is 1.00 bits per heavy atom. The van der Waals surface area contributed by atoms with E-state index in [1.54, 1.807) is 36.4 Å². The molecule has 96 valence electrons. The van der Waals surface area contributed by atoms with Crippen molar-refractivity contribution in [3.05, 3.63) is 70.2 Å². The van der Waals surface area contributed by atoms with Gasteiger partial charge < -0.3 is 0 Å². The molecular weight excluding hydrogens is 260 g/mol. The highest BCUT2D eigenvalue weighted by atomic mass is 35.5. The highest BCUT2D eigenvalue weighted by Gasteiger charge is 2.13. The Labute approximate surface area is 117 Å². The Balaban J connectivity index is 2.38. The average molecular weight is 273 g/mol. The molecule has 0 N–H and O–H groups in total. The zero-order valence-corrected chi connectivity index (χ0v) is 11.3. The molecule has 0 spiro atoms. The molecule has 0 unspecified atom stereocenters. The van der Waals surface area contributed by atoms with Crippen LogP contribution in [0.5, 0.6) is 0 Å². The van der Waals surface area contributed by atoms with Crippen LogP contribution in [-0.2, 0) is 11.2 Å². The van der Waals surface area contributed by atoms with Crippen molar-refractivity contribution >= 4 is 23.2 Å². The first kappa shape index (κ1) is 13.5. The lowest BCUT2D eigenvalue weighted by Gasteiger charge is -2.07. The Kier molecular flexibility index (Phi) is 4.13. The molecule has 2 aromatic rings. The van der Waals surface area contributed by atoms with Crippen LogP contribution in [0.1, 0.15) is 28.4 Å². The normalized spacial score (nSPS) is 10.2. The van der Waals surface area contributed by atoms with E-state index in [2.05, 4.69) is 0 Å². The van der Waals surface area contributed by atoms with Gasteiger partial charge in [0, 0.05) is 22.6 Å². The summed E-state index contributed by atoms with van der Waals surface area (Å²) in [6, 6.07) is 13.9. The van der Waals surface area contributed by atoms with Gasteiger partial charge in [0.25, 0.3) is 0 Å². The first-order valence-electron chi connectivity index (χ1n) is 5.95. The molecule has 3 heteroatoms. The lowest BCUT2D eigenvalue weighted by Crippen LogP contribution is -2.08. The third-order valence-electron chi connectivity index (χ3n) is 2.81. The molecule has 0 bridgehead atoms. The number of rotatable bonds is 4. The van der Waals surface area contributed by atoms with Crippen LogP contribution in [-0.4, -0.2) is 11.6 Å². The van der Waals surface area contributed by atoms with Crippen LogP contribution in [0.25, 0.3) is 0 Å². The molecular formula is C16H13ClO2. The average Bonchev–Trinajstić information content (AvgIpc) is 2.39. The number of benzene rings is 2. The van der Waals surface area contributed by atoms with Crippen LogP contribution < -0.4 is 0 Å². The predicted octanol–water partition coefficient (Wildman–Crippen LogP) is 3.70. The van der Waals surface area contributed by atoms with Gasteiger partial charge in [-0.1, -0.05) is 35.9 Å². The molecule has 0 aromatic heterocycles. The van der Waals surface area contributed by atoms with E-state index in [1.807, 2.05) is 12.1 Å². The van der Waals surface area contributed by atoms with Gasteiger partial charge >= 0.3 is 0 Å². The lowest BCUT2D eigenvalue weighted by atomic mass is 9.96. The van der Waals surface area contributed by atoms with Crippen LogP contribution in [0.4, 0.5) is 0 Å². The van der Waals surface area contributed by atoms with Gasteiger partial charge in [0.1, 0.15) is 5.78 Å². The van der Waals surface area contributed by atoms with Gasteiger partial charge in [-0.15, -0.1) is 0 Å². The van der Waals surface area contributed by atoms with Crippen molar-refractivity contribution in [2.45, 2.75) is 13.3 Å². The van der Waals surface area contributed by atoms with E-state index >= 15 is 0 Å². The van der Waals surface area contributed by atoms with Crippen molar-refractivity contribution in [1.82, 2.24) is 0 Å². The molecule has 0 radical (unpaired) electrons. The number of halogens is 1. The monoisotopic (exact) mass is 272 g/mol. The zero-order chi connectivity index (χ0) is 13.8. The fourth-order valence-electron chi connectivity index (χ4n) is 1.92. The molecule has 0 atom stereocenters. The summed E-state index contributed by atoms with van der Waals surface area (Å²) in [7, 11) is 0. The quantitative estimate of drug-likeness (QED) is 0.795. The van der Waals surface area contributed by atoms with Crippen LogP contribution in [0.2, 0.25) is 5.02 Å². The third-order valence-corrected chi connectivity index (χ3v) is 3.06. The molecule has 0 saturated carbocycles. The summed E-state index contributed by atoms with van der Waals surface area (Å²) >= 11 is 5.81. The maximum Gasteiger partial charge on any atom is 0.193 e. The van der Waals surface area contributed by atoms with Gasteiger partial charge in [0.05, 0.1) is 0 Å². The molecule has 0 aliphatic rings. The maximum absolute atomic E-state index is 12.4. The SMILES string of the molecule is CC(=O)Cc1ccccc1C(=O)c1ccc(Cl)cc1. The fourth-order valence-corrected chi connectivity index (χ4v) is 2.05. The summed E-state index contributed by atoms with van der Waals surface area (Å²) in [5, 5.41) is 0.591. The van der Waals surface area contributed by atoms with Gasteiger partial charge in [-0.3, -0.25) is 9.59 Å². The largest absolute Gasteiger partial charge is 0.300 e. The predicted molar refractivity (Wildman–Crippen MR) is 75.7 cm³/mol. The minimum absolute atomic E-state index is 0.0383. The minimum Gasteiger partial charge on any atom is -0.300 e. The van der Waals surface area contributed by atoms with Gasteiger partial charge in [-0.2, -0.15) is 0 Å². The summed E-state index contributed by atoms with van der Waals surface area (Å²) in [5.41, 5.74) is 1.90. The van der Waals surface area contributed by atoms with E-state index in [1.165, 1.54) is 6.92 Å². The summed E-state index contributed by atoms with van der Waals surface area (Å²) in [6.07, 6.45) is 0.273. The summed E-state index contributed by atoms with van der Waals surface area (Å²) in [6.45, 7) is 1.52.